The number of hydrogen-bond donors (Lipinski definition) is 3. The van der Waals surface area contributed by atoms with Crippen LogP contribution in [0.1, 0.15) is 64.1 Å². The van der Waals surface area contributed by atoms with Crippen LogP contribution in [0, 0.1) is 0 Å². The van der Waals surface area contributed by atoms with Crippen LogP contribution in [0.2, 0.25) is 0 Å². The number of anilines is 1. The molecular weight excluding hydrogens is 350 g/mol. The van der Waals surface area contributed by atoms with Gasteiger partial charge in [0.25, 0.3) is 0 Å². The monoisotopic (exact) mass is 379 g/mol. The number of carbonyl (C=O) groups excluding carboxylic acids is 1. The van der Waals surface area contributed by atoms with Gasteiger partial charge in [-0.3, -0.25) is 5.10 Å². The minimum absolute atomic E-state index is 0.293. The number of H-pyrrole nitrogens is 1. The van der Waals surface area contributed by atoms with Crippen LogP contribution in [0.25, 0.3) is 0 Å². The highest BCUT2D eigenvalue weighted by atomic mass is 32.1. The number of thiocarbonyl (C=S) groups is 1. The van der Waals surface area contributed by atoms with Gasteiger partial charge in [-0.2, -0.15) is 5.10 Å². The maximum absolute atomic E-state index is 12.4. The van der Waals surface area contributed by atoms with Gasteiger partial charge in [0.15, 0.2) is 10.9 Å². The lowest BCUT2D eigenvalue weighted by Crippen LogP contribution is -2.41. The van der Waals surface area contributed by atoms with E-state index in [0.29, 0.717) is 30.1 Å². The molecule has 0 aromatic carbocycles. The van der Waals surface area contributed by atoms with Crippen LogP contribution in [-0.4, -0.2) is 44.5 Å². The molecule has 0 bridgehead atoms. The van der Waals surface area contributed by atoms with Crippen LogP contribution in [0.4, 0.5) is 10.6 Å². The van der Waals surface area contributed by atoms with E-state index in [4.69, 9.17) is 17.0 Å². The molecule has 1 fully saturated rings. The Hall–Kier alpha value is -1.83. The molecule has 1 saturated carbocycles. The number of rotatable bonds is 2. The fourth-order valence-electron chi connectivity index (χ4n) is 3.46. The Bertz CT molecular complexity index is 661. The van der Waals surface area contributed by atoms with Gasteiger partial charge in [0, 0.05) is 30.3 Å². The van der Waals surface area contributed by atoms with E-state index in [9.17, 15) is 4.79 Å². The van der Waals surface area contributed by atoms with Crippen molar-refractivity contribution >= 4 is 29.2 Å². The van der Waals surface area contributed by atoms with Crippen molar-refractivity contribution in [1.82, 2.24) is 20.4 Å². The summed E-state index contributed by atoms with van der Waals surface area (Å²) in [4.78, 5) is 14.1. The van der Waals surface area contributed by atoms with Gasteiger partial charge in [0.1, 0.15) is 5.60 Å². The molecule has 144 valence electrons. The highest BCUT2D eigenvalue weighted by molar-refractivity contribution is 7.80. The van der Waals surface area contributed by atoms with E-state index in [2.05, 4.69) is 20.8 Å². The third-order valence-electron chi connectivity index (χ3n) is 4.76. The third kappa shape index (κ3) is 4.87. The zero-order valence-electron chi connectivity index (χ0n) is 15.9. The molecule has 0 saturated heterocycles. The van der Waals surface area contributed by atoms with Crippen molar-refractivity contribution in [1.29, 1.82) is 0 Å². The molecule has 0 radical (unpaired) electrons. The van der Waals surface area contributed by atoms with Gasteiger partial charge in [-0.25, -0.2) is 4.79 Å². The topological polar surface area (TPSA) is 82.3 Å². The fraction of sp³-hybridized carbons (Fsp3) is 0.722. The SMILES string of the molecule is CC(C)(C)OC(=O)N1CCc2[nH]nc(NC(=S)NC3CCCCC3)c2C1. The van der Waals surface area contributed by atoms with Gasteiger partial charge in [-0.05, 0) is 45.8 Å². The van der Waals surface area contributed by atoms with Crippen LogP contribution in [0.5, 0.6) is 0 Å². The van der Waals surface area contributed by atoms with E-state index in [1.165, 1.54) is 19.3 Å². The first-order valence-electron chi connectivity index (χ1n) is 9.43. The van der Waals surface area contributed by atoms with E-state index < -0.39 is 5.60 Å². The van der Waals surface area contributed by atoms with Gasteiger partial charge in [-0.15, -0.1) is 0 Å². The summed E-state index contributed by atoms with van der Waals surface area (Å²) in [6.07, 6.45) is 6.57. The second kappa shape index (κ2) is 7.82. The second-order valence-corrected chi connectivity index (χ2v) is 8.52. The Morgan fingerprint density at radius 3 is 2.73 bits per heavy atom. The van der Waals surface area contributed by atoms with E-state index in [1.54, 1.807) is 4.90 Å². The molecule has 0 atom stereocenters. The summed E-state index contributed by atoms with van der Waals surface area (Å²) in [6.45, 7) is 6.71. The van der Waals surface area contributed by atoms with E-state index in [-0.39, 0.29) is 6.09 Å². The van der Waals surface area contributed by atoms with Crippen molar-refractivity contribution in [2.75, 3.05) is 11.9 Å². The molecule has 26 heavy (non-hydrogen) atoms. The van der Waals surface area contributed by atoms with Crippen LogP contribution in [-0.2, 0) is 17.7 Å². The molecule has 1 aliphatic heterocycles. The average Bonchev–Trinajstić information content (AvgIpc) is 2.96. The summed E-state index contributed by atoms with van der Waals surface area (Å²) < 4.78 is 5.49. The maximum atomic E-state index is 12.4. The normalized spacial score (nSPS) is 18.2. The first kappa shape index (κ1) is 18.9. The number of aromatic amines is 1. The van der Waals surface area contributed by atoms with Crippen molar-refractivity contribution in [3.8, 4) is 0 Å². The molecule has 7 nitrogen and oxygen atoms in total. The zero-order valence-corrected chi connectivity index (χ0v) is 16.7. The summed E-state index contributed by atoms with van der Waals surface area (Å²) in [5, 5.41) is 14.6. The van der Waals surface area contributed by atoms with E-state index >= 15 is 0 Å². The summed E-state index contributed by atoms with van der Waals surface area (Å²) in [6, 6.07) is 0.441. The zero-order chi connectivity index (χ0) is 18.7. The third-order valence-corrected chi connectivity index (χ3v) is 4.98. The fourth-order valence-corrected chi connectivity index (χ4v) is 3.72. The lowest BCUT2D eigenvalue weighted by molar-refractivity contribution is 0.0224. The van der Waals surface area contributed by atoms with Crippen molar-refractivity contribution in [3.05, 3.63) is 11.3 Å². The van der Waals surface area contributed by atoms with Gasteiger partial charge < -0.3 is 20.3 Å². The molecule has 1 aromatic rings. The molecule has 3 N–H and O–H groups in total. The number of aromatic nitrogens is 2. The molecule has 1 aromatic heterocycles. The maximum Gasteiger partial charge on any atom is 0.410 e. The average molecular weight is 380 g/mol. The first-order chi connectivity index (χ1) is 12.3. The van der Waals surface area contributed by atoms with Crippen LogP contribution < -0.4 is 10.6 Å². The number of nitrogens with zero attached hydrogens (tertiary/aromatic N) is 2. The Balaban J connectivity index is 1.61. The van der Waals surface area contributed by atoms with Crippen molar-refractivity contribution < 1.29 is 9.53 Å². The molecule has 8 heteroatoms. The standard InChI is InChI=1S/C18H29N5O2S/c1-18(2,3)25-17(24)23-10-9-14-13(11-23)15(22-21-14)20-16(26)19-12-7-5-4-6-8-12/h12H,4-11H2,1-3H3,(H3,19,20,21,22,26). The number of fused-ring (bicyclic) bond motifs is 1. The minimum atomic E-state index is -0.500. The van der Waals surface area contributed by atoms with Crippen molar-refractivity contribution in [2.45, 2.75) is 77.5 Å². The number of amides is 1. The first-order valence-corrected chi connectivity index (χ1v) is 9.84. The van der Waals surface area contributed by atoms with Gasteiger partial charge in [0.2, 0.25) is 0 Å². The summed E-state index contributed by atoms with van der Waals surface area (Å²) in [7, 11) is 0. The number of nitrogens with one attached hydrogen (secondary N) is 3. The number of carbonyl (C=O) groups is 1. The Kier molecular flexibility index (Phi) is 5.70. The number of ether oxygens (including phenoxy) is 1. The molecule has 2 aliphatic rings. The number of hydrogen-bond acceptors (Lipinski definition) is 4. The van der Waals surface area contributed by atoms with Crippen molar-refractivity contribution in [3.63, 3.8) is 0 Å². The molecule has 0 unspecified atom stereocenters. The molecule has 2 heterocycles. The predicted molar refractivity (Wildman–Crippen MR) is 105 cm³/mol. The van der Waals surface area contributed by atoms with Crippen LogP contribution in [0.3, 0.4) is 0 Å². The van der Waals surface area contributed by atoms with E-state index in [0.717, 1.165) is 30.5 Å². The summed E-state index contributed by atoms with van der Waals surface area (Å²) in [5.74, 6) is 0.696. The lowest BCUT2D eigenvalue weighted by atomic mass is 9.96. The summed E-state index contributed by atoms with van der Waals surface area (Å²) >= 11 is 5.46. The summed E-state index contributed by atoms with van der Waals surface area (Å²) in [5.41, 5.74) is 1.53. The second-order valence-electron chi connectivity index (χ2n) is 8.11. The predicted octanol–water partition coefficient (Wildman–Crippen LogP) is 3.32. The Morgan fingerprint density at radius 1 is 1.31 bits per heavy atom. The van der Waals surface area contributed by atoms with Gasteiger partial charge in [0.05, 0.1) is 6.54 Å². The quantitative estimate of drug-likeness (QED) is 0.684. The van der Waals surface area contributed by atoms with E-state index in [1.807, 2.05) is 20.8 Å². The molecule has 3 rings (SSSR count). The smallest absolute Gasteiger partial charge is 0.410 e. The van der Waals surface area contributed by atoms with Crippen LogP contribution >= 0.6 is 12.2 Å². The minimum Gasteiger partial charge on any atom is -0.444 e. The van der Waals surface area contributed by atoms with Gasteiger partial charge in [-0.1, -0.05) is 19.3 Å². The molecule has 1 aliphatic carbocycles. The molecule has 0 spiro atoms. The van der Waals surface area contributed by atoms with Crippen molar-refractivity contribution in [2.24, 2.45) is 0 Å². The highest BCUT2D eigenvalue weighted by Crippen LogP contribution is 2.25. The lowest BCUT2D eigenvalue weighted by Gasteiger charge is -2.30. The largest absolute Gasteiger partial charge is 0.444 e. The molecule has 1 amide bonds. The highest BCUT2D eigenvalue weighted by Gasteiger charge is 2.29. The Labute approximate surface area is 160 Å². The van der Waals surface area contributed by atoms with Crippen LogP contribution in [0.15, 0.2) is 0 Å². The van der Waals surface area contributed by atoms with Gasteiger partial charge >= 0.3 is 6.09 Å². The Morgan fingerprint density at radius 2 is 2.04 bits per heavy atom. The molecular formula is C18H29N5O2S.